The summed E-state index contributed by atoms with van der Waals surface area (Å²) in [4.78, 5) is 13.6. The maximum Gasteiger partial charge on any atom is 0.220 e. The molecule has 1 saturated heterocycles. The molecule has 13 heavy (non-hydrogen) atoms. The van der Waals surface area contributed by atoms with Gasteiger partial charge in [-0.3, -0.25) is 4.79 Å². The van der Waals surface area contributed by atoms with Crippen LogP contribution in [0.25, 0.3) is 0 Å². The largest absolute Gasteiger partial charge is 0.359 e. The lowest BCUT2D eigenvalue weighted by Gasteiger charge is -2.19. The number of carbonyl (C=O) groups is 1. The van der Waals surface area contributed by atoms with Crippen molar-refractivity contribution in [3.63, 3.8) is 0 Å². The van der Waals surface area contributed by atoms with Gasteiger partial charge in [0.2, 0.25) is 5.91 Å². The van der Waals surface area contributed by atoms with E-state index in [2.05, 4.69) is 24.1 Å². The van der Waals surface area contributed by atoms with E-state index >= 15 is 0 Å². The van der Waals surface area contributed by atoms with E-state index in [4.69, 9.17) is 0 Å². The van der Waals surface area contributed by atoms with Crippen molar-refractivity contribution in [2.45, 2.75) is 32.7 Å². The van der Waals surface area contributed by atoms with Gasteiger partial charge in [-0.2, -0.15) is 0 Å². The summed E-state index contributed by atoms with van der Waals surface area (Å²) in [5.41, 5.74) is 0. The van der Waals surface area contributed by atoms with Gasteiger partial charge in [-0.05, 0) is 32.7 Å². The van der Waals surface area contributed by atoms with Crippen LogP contribution in [0.3, 0.4) is 0 Å². The maximum absolute atomic E-state index is 11.1. The second-order valence-electron chi connectivity index (χ2n) is 4.12. The molecule has 3 nitrogen and oxygen atoms in total. The average Bonchev–Trinajstić information content (AvgIpc) is 2.52. The van der Waals surface area contributed by atoms with Crippen LogP contribution in [0.5, 0.6) is 0 Å². The zero-order chi connectivity index (χ0) is 9.84. The Labute approximate surface area is 80.5 Å². The Hall–Kier alpha value is -0.570. The molecule has 0 aliphatic carbocycles. The number of nitrogens with zero attached hydrogens (tertiary/aromatic N) is 1. The van der Waals surface area contributed by atoms with Gasteiger partial charge in [-0.15, -0.1) is 0 Å². The average molecular weight is 184 g/mol. The number of rotatable bonds is 3. The molecule has 1 rings (SSSR count). The normalized spacial score (nSPS) is 23.8. The summed E-state index contributed by atoms with van der Waals surface area (Å²) in [6.45, 7) is 6.66. The summed E-state index contributed by atoms with van der Waals surface area (Å²) in [6.07, 6.45) is 1.87. The molecule has 1 aliphatic heterocycles. The first-order valence-electron chi connectivity index (χ1n) is 5.08. The lowest BCUT2D eigenvalue weighted by Crippen LogP contribution is -2.29. The van der Waals surface area contributed by atoms with E-state index in [1.165, 1.54) is 6.42 Å². The van der Waals surface area contributed by atoms with E-state index in [1.54, 1.807) is 7.05 Å². The SMILES string of the molecule is CNC(=O)CC1CCN(C(C)C)C1. The Morgan fingerprint density at radius 3 is 2.77 bits per heavy atom. The molecule has 1 aliphatic rings. The minimum absolute atomic E-state index is 0.176. The smallest absolute Gasteiger partial charge is 0.220 e. The lowest BCUT2D eigenvalue weighted by molar-refractivity contribution is -0.121. The number of likely N-dealkylation sites (tertiary alicyclic amines) is 1. The highest BCUT2D eigenvalue weighted by Crippen LogP contribution is 2.20. The van der Waals surface area contributed by atoms with E-state index in [9.17, 15) is 4.79 Å². The maximum atomic E-state index is 11.1. The van der Waals surface area contributed by atoms with Crippen molar-refractivity contribution in [3.05, 3.63) is 0 Å². The molecule has 0 radical (unpaired) electrons. The van der Waals surface area contributed by atoms with Crippen molar-refractivity contribution in [1.82, 2.24) is 10.2 Å². The van der Waals surface area contributed by atoms with Crippen LogP contribution in [-0.2, 0) is 4.79 Å². The second-order valence-corrected chi connectivity index (χ2v) is 4.12. The molecule has 1 amide bonds. The van der Waals surface area contributed by atoms with Crippen LogP contribution < -0.4 is 5.32 Å². The fourth-order valence-electron chi connectivity index (χ4n) is 1.86. The molecule has 0 bridgehead atoms. The van der Waals surface area contributed by atoms with Crippen LogP contribution in [0, 0.1) is 5.92 Å². The molecular weight excluding hydrogens is 164 g/mol. The van der Waals surface area contributed by atoms with E-state index in [-0.39, 0.29) is 5.91 Å². The molecule has 1 unspecified atom stereocenters. The van der Waals surface area contributed by atoms with Crippen LogP contribution in [0.2, 0.25) is 0 Å². The molecular formula is C10H20N2O. The highest BCUT2D eigenvalue weighted by Gasteiger charge is 2.25. The minimum Gasteiger partial charge on any atom is -0.359 e. The van der Waals surface area contributed by atoms with Crippen molar-refractivity contribution >= 4 is 5.91 Å². The van der Waals surface area contributed by atoms with Crippen molar-refractivity contribution in [3.8, 4) is 0 Å². The summed E-state index contributed by atoms with van der Waals surface area (Å²) in [7, 11) is 1.71. The first-order chi connectivity index (χ1) is 6.13. The first kappa shape index (κ1) is 10.5. The second kappa shape index (κ2) is 4.61. The molecule has 1 atom stereocenters. The zero-order valence-electron chi connectivity index (χ0n) is 8.84. The van der Waals surface area contributed by atoms with E-state index in [0.29, 0.717) is 18.4 Å². The van der Waals surface area contributed by atoms with Crippen molar-refractivity contribution in [2.75, 3.05) is 20.1 Å². The lowest BCUT2D eigenvalue weighted by atomic mass is 10.0. The van der Waals surface area contributed by atoms with Gasteiger partial charge in [-0.25, -0.2) is 0 Å². The van der Waals surface area contributed by atoms with E-state index in [0.717, 1.165) is 13.1 Å². The van der Waals surface area contributed by atoms with Crippen molar-refractivity contribution in [1.29, 1.82) is 0 Å². The third-order valence-corrected chi connectivity index (χ3v) is 2.80. The Morgan fingerprint density at radius 2 is 2.31 bits per heavy atom. The molecule has 1 fully saturated rings. The Morgan fingerprint density at radius 1 is 1.62 bits per heavy atom. The third-order valence-electron chi connectivity index (χ3n) is 2.80. The van der Waals surface area contributed by atoms with E-state index < -0.39 is 0 Å². The number of nitrogens with one attached hydrogen (secondary N) is 1. The van der Waals surface area contributed by atoms with Crippen molar-refractivity contribution < 1.29 is 4.79 Å². The summed E-state index contributed by atoms with van der Waals surface area (Å²) in [5, 5.41) is 2.68. The van der Waals surface area contributed by atoms with Gasteiger partial charge in [0, 0.05) is 26.1 Å². The fourth-order valence-corrected chi connectivity index (χ4v) is 1.86. The van der Waals surface area contributed by atoms with Gasteiger partial charge < -0.3 is 10.2 Å². The predicted octanol–water partition coefficient (Wildman–Crippen LogP) is 0.853. The van der Waals surface area contributed by atoms with Crippen LogP contribution >= 0.6 is 0 Å². The topological polar surface area (TPSA) is 32.3 Å². The highest BCUT2D eigenvalue weighted by molar-refractivity contribution is 5.75. The van der Waals surface area contributed by atoms with Gasteiger partial charge in [-0.1, -0.05) is 0 Å². The Balaban J connectivity index is 2.29. The van der Waals surface area contributed by atoms with Gasteiger partial charge >= 0.3 is 0 Å². The van der Waals surface area contributed by atoms with Gasteiger partial charge in [0.15, 0.2) is 0 Å². The monoisotopic (exact) mass is 184 g/mol. The molecule has 1 heterocycles. The molecule has 0 saturated carbocycles. The van der Waals surface area contributed by atoms with Gasteiger partial charge in [0.1, 0.15) is 0 Å². The number of hydrogen-bond acceptors (Lipinski definition) is 2. The molecule has 0 spiro atoms. The molecule has 76 valence electrons. The predicted molar refractivity (Wildman–Crippen MR) is 53.5 cm³/mol. The van der Waals surface area contributed by atoms with E-state index in [1.807, 2.05) is 0 Å². The minimum atomic E-state index is 0.176. The van der Waals surface area contributed by atoms with Crippen LogP contribution in [0.15, 0.2) is 0 Å². The quantitative estimate of drug-likeness (QED) is 0.705. The number of hydrogen-bond donors (Lipinski definition) is 1. The molecule has 0 aromatic rings. The number of carbonyl (C=O) groups excluding carboxylic acids is 1. The Kier molecular flexibility index (Phi) is 3.72. The summed E-state index contributed by atoms with van der Waals surface area (Å²) in [5.74, 6) is 0.748. The van der Waals surface area contributed by atoms with Crippen LogP contribution in [-0.4, -0.2) is 37.0 Å². The highest BCUT2D eigenvalue weighted by atomic mass is 16.1. The van der Waals surface area contributed by atoms with Crippen LogP contribution in [0.1, 0.15) is 26.7 Å². The summed E-state index contributed by atoms with van der Waals surface area (Å²) in [6, 6.07) is 0.620. The molecule has 0 aromatic heterocycles. The molecule has 3 heteroatoms. The summed E-state index contributed by atoms with van der Waals surface area (Å²) >= 11 is 0. The van der Waals surface area contributed by atoms with Gasteiger partial charge in [0.25, 0.3) is 0 Å². The molecule has 1 N–H and O–H groups in total. The Bertz CT molecular complexity index is 180. The fraction of sp³-hybridized carbons (Fsp3) is 0.900. The first-order valence-corrected chi connectivity index (χ1v) is 5.08. The van der Waals surface area contributed by atoms with Crippen LogP contribution in [0.4, 0.5) is 0 Å². The standard InChI is InChI=1S/C10H20N2O/c1-8(2)12-5-4-9(7-12)6-10(13)11-3/h8-9H,4-7H2,1-3H3,(H,11,13). The molecule has 0 aromatic carbocycles. The van der Waals surface area contributed by atoms with Gasteiger partial charge in [0.05, 0.1) is 0 Å². The summed E-state index contributed by atoms with van der Waals surface area (Å²) < 4.78 is 0. The third kappa shape index (κ3) is 2.99. The number of amides is 1. The van der Waals surface area contributed by atoms with Crippen molar-refractivity contribution in [2.24, 2.45) is 5.92 Å². The zero-order valence-corrected chi connectivity index (χ0v) is 8.84.